The van der Waals surface area contributed by atoms with E-state index in [4.69, 9.17) is 0 Å². The molecule has 110 valence electrons. The average molecular weight is 271 g/mol. The van der Waals surface area contributed by atoms with E-state index in [0.29, 0.717) is 12.1 Å². The van der Waals surface area contributed by atoms with Gasteiger partial charge in [0, 0.05) is 12.1 Å². The second-order valence-corrected chi connectivity index (χ2v) is 6.96. The van der Waals surface area contributed by atoms with E-state index in [1.807, 2.05) is 0 Å². The summed E-state index contributed by atoms with van der Waals surface area (Å²) in [5.41, 5.74) is 4.66. The number of benzene rings is 1. The lowest BCUT2D eigenvalue weighted by Gasteiger charge is -2.31. The minimum Gasteiger partial charge on any atom is -0.307 e. The van der Waals surface area contributed by atoms with Crippen molar-refractivity contribution < 1.29 is 0 Å². The van der Waals surface area contributed by atoms with Gasteiger partial charge in [-0.1, -0.05) is 37.5 Å². The number of nitrogens with one attached hydrogen (secondary N) is 1. The highest BCUT2D eigenvalue weighted by Crippen LogP contribution is 2.29. The lowest BCUT2D eigenvalue weighted by atomic mass is 9.84. The molecule has 2 aliphatic carbocycles. The van der Waals surface area contributed by atoms with Crippen LogP contribution in [0.5, 0.6) is 0 Å². The van der Waals surface area contributed by atoms with Crippen molar-refractivity contribution in [3.8, 4) is 0 Å². The van der Waals surface area contributed by atoms with Crippen LogP contribution in [0.15, 0.2) is 18.2 Å². The fourth-order valence-corrected chi connectivity index (χ4v) is 4.12. The van der Waals surface area contributed by atoms with Gasteiger partial charge in [-0.25, -0.2) is 0 Å². The first kappa shape index (κ1) is 14.1. The Morgan fingerprint density at radius 2 is 1.70 bits per heavy atom. The highest BCUT2D eigenvalue weighted by Gasteiger charge is 2.22. The van der Waals surface area contributed by atoms with Crippen molar-refractivity contribution >= 4 is 0 Å². The lowest BCUT2D eigenvalue weighted by molar-refractivity contribution is 0.268. The highest BCUT2D eigenvalue weighted by atomic mass is 14.9. The topological polar surface area (TPSA) is 12.0 Å². The Hall–Kier alpha value is -0.820. The molecule has 0 heterocycles. The van der Waals surface area contributed by atoms with Gasteiger partial charge in [0.15, 0.2) is 0 Å². The summed E-state index contributed by atoms with van der Waals surface area (Å²) in [7, 11) is 0. The van der Waals surface area contributed by atoms with Crippen LogP contribution >= 0.6 is 0 Å². The molecule has 1 unspecified atom stereocenters. The van der Waals surface area contributed by atoms with Crippen molar-refractivity contribution in [1.29, 1.82) is 0 Å². The molecule has 0 saturated heterocycles. The predicted molar refractivity (Wildman–Crippen MR) is 86.1 cm³/mol. The zero-order chi connectivity index (χ0) is 13.9. The molecule has 2 aliphatic rings. The fourth-order valence-electron chi connectivity index (χ4n) is 4.12. The third-order valence-corrected chi connectivity index (χ3v) is 5.49. The van der Waals surface area contributed by atoms with Crippen molar-refractivity contribution in [2.45, 2.75) is 77.3 Å². The van der Waals surface area contributed by atoms with Gasteiger partial charge in [0.2, 0.25) is 0 Å². The number of hydrogen-bond donors (Lipinski definition) is 1. The zero-order valence-electron chi connectivity index (χ0n) is 13.1. The quantitative estimate of drug-likeness (QED) is 0.830. The molecule has 0 amide bonds. The number of fused-ring (bicyclic) bond motifs is 1. The van der Waals surface area contributed by atoms with Gasteiger partial charge in [0.25, 0.3) is 0 Å². The van der Waals surface area contributed by atoms with Gasteiger partial charge < -0.3 is 5.32 Å². The summed E-state index contributed by atoms with van der Waals surface area (Å²) in [5, 5.41) is 3.86. The van der Waals surface area contributed by atoms with Crippen LogP contribution in [-0.2, 0) is 12.8 Å². The second-order valence-electron chi connectivity index (χ2n) is 6.96. The second kappa shape index (κ2) is 6.30. The largest absolute Gasteiger partial charge is 0.307 e. The lowest BCUT2D eigenvalue weighted by Crippen LogP contribution is -2.36. The molecule has 20 heavy (non-hydrogen) atoms. The Bertz CT molecular complexity index is 445. The molecule has 1 saturated carbocycles. The molecule has 3 rings (SSSR count). The minimum atomic E-state index is 0.484. The van der Waals surface area contributed by atoms with Crippen LogP contribution in [0, 0.1) is 5.92 Å². The molecule has 1 heteroatoms. The molecule has 1 N–H and O–H groups in total. The highest BCUT2D eigenvalue weighted by molar-refractivity contribution is 5.36. The van der Waals surface area contributed by atoms with E-state index in [1.54, 1.807) is 11.1 Å². The van der Waals surface area contributed by atoms with Crippen LogP contribution in [0.2, 0.25) is 0 Å². The molecule has 0 aliphatic heterocycles. The van der Waals surface area contributed by atoms with E-state index < -0.39 is 0 Å². The van der Waals surface area contributed by atoms with Crippen molar-refractivity contribution in [1.82, 2.24) is 5.32 Å². The summed E-state index contributed by atoms with van der Waals surface area (Å²) in [5.74, 6) is 0.889. The molecule has 1 nitrogen and oxygen atoms in total. The molecule has 1 aromatic carbocycles. The SMILES string of the molecule is CC(N[C@H](C)C1CCCCC1)c1ccc2c(c1)CCC2. The van der Waals surface area contributed by atoms with Crippen molar-refractivity contribution in [3.63, 3.8) is 0 Å². The van der Waals surface area contributed by atoms with E-state index >= 15 is 0 Å². The van der Waals surface area contributed by atoms with Gasteiger partial charge >= 0.3 is 0 Å². The summed E-state index contributed by atoms with van der Waals surface area (Å²) in [4.78, 5) is 0. The first-order valence-electron chi connectivity index (χ1n) is 8.62. The summed E-state index contributed by atoms with van der Waals surface area (Å²) < 4.78 is 0. The smallest absolute Gasteiger partial charge is 0.0294 e. The minimum absolute atomic E-state index is 0.484. The van der Waals surface area contributed by atoms with Gasteiger partial charge in [-0.2, -0.15) is 0 Å². The van der Waals surface area contributed by atoms with E-state index in [1.165, 1.54) is 56.9 Å². The molecule has 0 radical (unpaired) electrons. The van der Waals surface area contributed by atoms with Crippen molar-refractivity contribution in [3.05, 3.63) is 34.9 Å². The van der Waals surface area contributed by atoms with Crippen LogP contribution in [-0.4, -0.2) is 6.04 Å². The Kier molecular flexibility index (Phi) is 4.45. The molecule has 0 spiro atoms. The van der Waals surface area contributed by atoms with Crippen LogP contribution in [0.3, 0.4) is 0 Å². The molecule has 1 aromatic rings. The number of rotatable bonds is 4. The van der Waals surface area contributed by atoms with Crippen LogP contribution < -0.4 is 5.32 Å². The molecular weight excluding hydrogens is 242 g/mol. The van der Waals surface area contributed by atoms with E-state index in [9.17, 15) is 0 Å². The van der Waals surface area contributed by atoms with Gasteiger partial charge in [-0.15, -0.1) is 0 Å². The van der Waals surface area contributed by atoms with Crippen LogP contribution in [0.4, 0.5) is 0 Å². The summed E-state index contributed by atoms with van der Waals surface area (Å²) in [6, 6.07) is 8.29. The van der Waals surface area contributed by atoms with Gasteiger partial charge in [-0.05, 0) is 68.6 Å². The van der Waals surface area contributed by atoms with Crippen molar-refractivity contribution in [2.24, 2.45) is 5.92 Å². The Morgan fingerprint density at radius 3 is 2.50 bits per heavy atom. The van der Waals surface area contributed by atoms with E-state index in [0.717, 1.165) is 5.92 Å². The summed E-state index contributed by atoms with van der Waals surface area (Å²) >= 11 is 0. The first-order chi connectivity index (χ1) is 9.74. The van der Waals surface area contributed by atoms with E-state index in [-0.39, 0.29) is 0 Å². The molecular formula is C19H29N. The van der Waals surface area contributed by atoms with E-state index in [2.05, 4.69) is 37.4 Å². The van der Waals surface area contributed by atoms with Crippen LogP contribution in [0.1, 0.15) is 75.1 Å². The third-order valence-electron chi connectivity index (χ3n) is 5.49. The Morgan fingerprint density at radius 1 is 0.950 bits per heavy atom. The Balaban J connectivity index is 1.62. The Labute approximate surface area is 124 Å². The maximum Gasteiger partial charge on any atom is 0.0294 e. The molecule has 1 fully saturated rings. The van der Waals surface area contributed by atoms with Crippen molar-refractivity contribution in [2.75, 3.05) is 0 Å². The van der Waals surface area contributed by atoms with Gasteiger partial charge in [0.1, 0.15) is 0 Å². The summed E-state index contributed by atoms with van der Waals surface area (Å²) in [6.45, 7) is 4.72. The zero-order valence-corrected chi connectivity index (χ0v) is 13.1. The van der Waals surface area contributed by atoms with Crippen LogP contribution in [0.25, 0.3) is 0 Å². The average Bonchev–Trinajstić information content (AvgIpc) is 2.95. The predicted octanol–water partition coefficient (Wildman–Crippen LogP) is 4.79. The maximum absolute atomic E-state index is 3.86. The fraction of sp³-hybridized carbons (Fsp3) is 0.684. The standard InChI is InChI=1S/C19H29N/c1-14(16-7-4-3-5-8-16)20-15(2)18-12-11-17-9-6-10-19(17)13-18/h11-16,20H,3-10H2,1-2H3/t14-,15?/m1/s1. The van der Waals surface area contributed by atoms with Gasteiger partial charge in [-0.3, -0.25) is 0 Å². The number of aryl methyl sites for hydroxylation is 2. The normalized spacial score (nSPS) is 22.5. The first-order valence-corrected chi connectivity index (χ1v) is 8.62. The molecule has 0 bridgehead atoms. The third kappa shape index (κ3) is 3.09. The molecule has 0 aromatic heterocycles. The van der Waals surface area contributed by atoms with Gasteiger partial charge in [0.05, 0.1) is 0 Å². The maximum atomic E-state index is 3.86. The molecule has 2 atom stereocenters. The monoisotopic (exact) mass is 271 g/mol. The number of hydrogen-bond acceptors (Lipinski definition) is 1. The summed E-state index contributed by atoms with van der Waals surface area (Å²) in [6.07, 6.45) is 11.1.